The van der Waals surface area contributed by atoms with Crippen molar-refractivity contribution in [1.29, 1.82) is 0 Å². The Bertz CT molecular complexity index is 905. The quantitative estimate of drug-likeness (QED) is 0.855. The van der Waals surface area contributed by atoms with Crippen molar-refractivity contribution in [3.05, 3.63) is 23.8 Å². The van der Waals surface area contributed by atoms with Crippen molar-refractivity contribution < 1.29 is 13.2 Å². The Morgan fingerprint density at radius 3 is 2.64 bits per heavy atom. The number of aromatic nitrogens is 4. The smallest absolute Gasteiger partial charge is 0.246 e. The van der Waals surface area contributed by atoms with Crippen LogP contribution in [0, 0.1) is 13.8 Å². The van der Waals surface area contributed by atoms with E-state index < -0.39 is 10.0 Å². The second-order valence-electron chi connectivity index (χ2n) is 6.57. The van der Waals surface area contributed by atoms with Crippen molar-refractivity contribution in [2.45, 2.75) is 37.6 Å². The molecule has 0 unspecified atom stereocenters. The summed E-state index contributed by atoms with van der Waals surface area (Å²) in [7, 11) is -3.54. The number of aromatic amines is 1. The number of anilines is 1. The average molecular weight is 364 g/mol. The zero-order valence-corrected chi connectivity index (χ0v) is 15.0. The maximum atomic E-state index is 12.7. The molecule has 0 aliphatic carbocycles. The van der Waals surface area contributed by atoms with E-state index in [0.717, 1.165) is 18.7 Å². The van der Waals surface area contributed by atoms with Gasteiger partial charge < -0.3 is 4.90 Å². The van der Waals surface area contributed by atoms with Gasteiger partial charge in [-0.2, -0.15) is 14.5 Å². The summed E-state index contributed by atoms with van der Waals surface area (Å²) in [5.74, 6) is 0.114. The molecule has 1 N–H and O–H groups in total. The summed E-state index contributed by atoms with van der Waals surface area (Å²) in [6.07, 6.45) is 4.93. The lowest BCUT2D eigenvalue weighted by Gasteiger charge is -2.37. The standard InChI is InChI=1S/C15H20N6O3S/c1-10-15(11(2)18-17-10)25(23,24)19-7-13(8-19)21-9-12(6-16-21)20-5-3-4-14(20)22/h6,9,13H,3-5,7-8H2,1-2H3,(H,17,18). The monoisotopic (exact) mass is 364 g/mol. The number of sulfonamides is 1. The molecular formula is C15H20N6O3S. The summed E-state index contributed by atoms with van der Waals surface area (Å²) in [6.45, 7) is 4.83. The number of nitrogens with one attached hydrogen (secondary N) is 1. The summed E-state index contributed by atoms with van der Waals surface area (Å²) < 4.78 is 28.7. The van der Waals surface area contributed by atoms with Crippen molar-refractivity contribution in [3.8, 4) is 0 Å². The third kappa shape index (κ3) is 2.56. The Morgan fingerprint density at radius 1 is 1.28 bits per heavy atom. The zero-order chi connectivity index (χ0) is 17.8. The first-order valence-corrected chi connectivity index (χ1v) is 9.68. The molecule has 4 heterocycles. The molecule has 0 atom stereocenters. The Labute approximate surface area is 145 Å². The summed E-state index contributed by atoms with van der Waals surface area (Å²) in [4.78, 5) is 13.8. The fourth-order valence-corrected chi connectivity index (χ4v) is 5.26. The van der Waals surface area contributed by atoms with E-state index in [0.29, 0.717) is 30.9 Å². The maximum absolute atomic E-state index is 12.7. The van der Waals surface area contributed by atoms with Crippen LogP contribution in [0.4, 0.5) is 5.69 Å². The van der Waals surface area contributed by atoms with E-state index in [1.54, 1.807) is 29.6 Å². The third-order valence-corrected chi connectivity index (χ3v) is 6.93. The van der Waals surface area contributed by atoms with Crippen LogP contribution in [-0.4, -0.2) is 58.2 Å². The van der Waals surface area contributed by atoms with Gasteiger partial charge in [0, 0.05) is 32.3 Å². The minimum absolute atomic E-state index is 0.0197. The van der Waals surface area contributed by atoms with E-state index in [-0.39, 0.29) is 16.8 Å². The summed E-state index contributed by atoms with van der Waals surface area (Å²) in [5, 5.41) is 11.0. The van der Waals surface area contributed by atoms with Gasteiger partial charge in [0.25, 0.3) is 0 Å². The number of carbonyl (C=O) groups excluding carboxylic acids is 1. The molecule has 10 heteroatoms. The minimum atomic E-state index is -3.54. The number of rotatable bonds is 4. The molecule has 0 spiro atoms. The van der Waals surface area contributed by atoms with Gasteiger partial charge in [-0.3, -0.25) is 14.6 Å². The van der Waals surface area contributed by atoms with Crippen LogP contribution in [0.15, 0.2) is 17.3 Å². The van der Waals surface area contributed by atoms with Crippen LogP contribution in [-0.2, 0) is 14.8 Å². The van der Waals surface area contributed by atoms with E-state index in [9.17, 15) is 13.2 Å². The van der Waals surface area contributed by atoms with Gasteiger partial charge in [-0.25, -0.2) is 8.42 Å². The highest BCUT2D eigenvalue weighted by molar-refractivity contribution is 7.89. The molecule has 0 saturated carbocycles. The van der Waals surface area contributed by atoms with E-state index in [2.05, 4.69) is 15.3 Å². The normalized spacial score (nSPS) is 19.6. The molecule has 25 heavy (non-hydrogen) atoms. The first-order valence-electron chi connectivity index (χ1n) is 8.24. The SMILES string of the molecule is Cc1n[nH]c(C)c1S(=O)(=O)N1CC(n2cc(N3CCCC3=O)cn2)C1. The molecule has 134 valence electrons. The highest BCUT2D eigenvalue weighted by Gasteiger charge is 2.40. The number of hydrogen-bond donors (Lipinski definition) is 1. The Morgan fingerprint density at radius 2 is 2.04 bits per heavy atom. The van der Waals surface area contributed by atoms with Crippen molar-refractivity contribution in [2.75, 3.05) is 24.5 Å². The van der Waals surface area contributed by atoms with Gasteiger partial charge >= 0.3 is 0 Å². The van der Waals surface area contributed by atoms with E-state index in [1.165, 1.54) is 4.31 Å². The molecule has 2 aromatic heterocycles. The van der Waals surface area contributed by atoms with Gasteiger partial charge in [0.05, 0.1) is 29.3 Å². The lowest BCUT2D eigenvalue weighted by Crippen LogP contribution is -2.50. The van der Waals surface area contributed by atoms with Gasteiger partial charge in [0.15, 0.2) is 0 Å². The molecular weight excluding hydrogens is 344 g/mol. The van der Waals surface area contributed by atoms with Crippen molar-refractivity contribution in [2.24, 2.45) is 0 Å². The molecule has 0 bridgehead atoms. The molecule has 4 rings (SSSR count). The second kappa shape index (κ2) is 5.67. The van der Waals surface area contributed by atoms with Gasteiger partial charge in [-0.1, -0.05) is 0 Å². The average Bonchev–Trinajstić information content (AvgIpc) is 3.18. The number of nitrogens with zero attached hydrogens (tertiary/aromatic N) is 5. The number of amides is 1. The number of H-pyrrole nitrogens is 1. The first-order chi connectivity index (χ1) is 11.9. The van der Waals surface area contributed by atoms with Gasteiger partial charge in [-0.15, -0.1) is 0 Å². The zero-order valence-electron chi connectivity index (χ0n) is 14.1. The molecule has 2 aliphatic heterocycles. The van der Waals surface area contributed by atoms with Crippen LogP contribution in [0.1, 0.15) is 30.3 Å². The predicted molar refractivity (Wildman–Crippen MR) is 89.7 cm³/mol. The number of carbonyl (C=O) groups is 1. The van der Waals surface area contributed by atoms with Gasteiger partial charge in [0.2, 0.25) is 15.9 Å². The predicted octanol–water partition coefficient (Wildman–Crippen LogP) is 0.595. The van der Waals surface area contributed by atoms with Crippen molar-refractivity contribution >= 4 is 21.6 Å². The largest absolute Gasteiger partial charge is 0.309 e. The van der Waals surface area contributed by atoms with Crippen molar-refractivity contribution in [3.63, 3.8) is 0 Å². The lowest BCUT2D eigenvalue weighted by molar-refractivity contribution is -0.117. The van der Waals surface area contributed by atoms with Gasteiger partial charge in [0.1, 0.15) is 4.90 Å². The van der Waals surface area contributed by atoms with E-state index in [4.69, 9.17) is 0 Å². The fraction of sp³-hybridized carbons (Fsp3) is 0.533. The second-order valence-corrected chi connectivity index (χ2v) is 8.44. The lowest BCUT2D eigenvalue weighted by atomic mass is 10.2. The molecule has 2 saturated heterocycles. The van der Waals surface area contributed by atoms with Crippen LogP contribution in [0.3, 0.4) is 0 Å². The molecule has 2 aliphatic rings. The van der Waals surface area contributed by atoms with E-state index >= 15 is 0 Å². The Hall–Kier alpha value is -2.20. The Balaban J connectivity index is 1.47. The highest BCUT2D eigenvalue weighted by atomic mass is 32.2. The summed E-state index contributed by atoms with van der Waals surface area (Å²) in [6, 6.07) is -0.0197. The van der Waals surface area contributed by atoms with Gasteiger partial charge in [-0.05, 0) is 20.3 Å². The molecule has 9 nitrogen and oxygen atoms in total. The third-order valence-electron chi connectivity index (χ3n) is 4.83. The summed E-state index contributed by atoms with van der Waals surface area (Å²) >= 11 is 0. The summed E-state index contributed by atoms with van der Waals surface area (Å²) in [5.41, 5.74) is 1.81. The highest BCUT2D eigenvalue weighted by Crippen LogP contribution is 2.31. The minimum Gasteiger partial charge on any atom is -0.309 e. The molecule has 1 amide bonds. The topological polar surface area (TPSA) is 104 Å². The number of hydrogen-bond acceptors (Lipinski definition) is 5. The first kappa shape index (κ1) is 16.3. The molecule has 2 fully saturated rings. The van der Waals surface area contributed by atoms with Crippen LogP contribution in [0.25, 0.3) is 0 Å². The van der Waals surface area contributed by atoms with Crippen LogP contribution >= 0.6 is 0 Å². The van der Waals surface area contributed by atoms with Crippen LogP contribution in [0.2, 0.25) is 0 Å². The maximum Gasteiger partial charge on any atom is 0.246 e. The van der Waals surface area contributed by atoms with Crippen LogP contribution in [0.5, 0.6) is 0 Å². The Kier molecular flexibility index (Phi) is 3.69. The van der Waals surface area contributed by atoms with E-state index in [1.807, 2.05) is 6.20 Å². The molecule has 2 aromatic rings. The van der Waals surface area contributed by atoms with Crippen LogP contribution < -0.4 is 4.90 Å². The number of aryl methyl sites for hydroxylation is 2. The molecule has 0 radical (unpaired) electrons. The fourth-order valence-electron chi connectivity index (χ4n) is 3.42. The molecule has 0 aromatic carbocycles. The van der Waals surface area contributed by atoms with Crippen molar-refractivity contribution in [1.82, 2.24) is 24.3 Å².